The molecular formula is C16H17N3O4S. The first-order valence-electron chi connectivity index (χ1n) is 7.47. The first-order chi connectivity index (χ1) is 11.4. The second kappa shape index (κ2) is 6.21. The number of hydrogen-bond donors (Lipinski definition) is 2. The molecule has 2 atom stereocenters. The zero-order valence-corrected chi connectivity index (χ0v) is 13.6. The smallest absolute Gasteiger partial charge is 0.312 e. The predicted octanol–water partition coefficient (Wildman–Crippen LogP) is 2.46. The Morgan fingerprint density at radius 3 is 2.50 bits per heavy atom. The van der Waals surface area contributed by atoms with E-state index in [0.717, 1.165) is 12.5 Å². The number of para-hydroxylation sites is 1. The average molecular weight is 347 g/mol. The lowest BCUT2D eigenvalue weighted by molar-refractivity contribution is -0.386. The van der Waals surface area contributed by atoms with Crippen LogP contribution in [0.4, 0.5) is 11.4 Å². The standard InChI is InChI=1S/C16H17N3O4S/c17-24(22,23)15-8-4-7-14(16(15)19(20)21)18-10-12-9-13(12)11-5-2-1-3-6-11/h1-8,12-13,18H,9-10H2,(H2,17,22,23)/t12-,13-/m0/s1. The molecule has 0 bridgehead atoms. The lowest BCUT2D eigenvalue weighted by atomic mass is 10.1. The van der Waals surface area contributed by atoms with Gasteiger partial charge in [0.1, 0.15) is 5.69 Å². The summed E-state index contributed by atoms with van der Waals surface area (Å²) in [6.45, 7) is 0.536. The number of sulfonamides is 1. The van der Waals surface area contributed by atoms with Gasteiger partial charge >= 0.3 is 5.69 Å². The summed E-state index contributed by atoms with van der Waals surface area (Å²) < 4.78 is 23.1. The molecule has 7 nitrogen and oxygen atoms in total. The van der Waals surface area contributed by atoms with Gasteiger partial charge in [0.05, 0.1) is 4.92 Å². The third kappa shape index (κ3) is 3.39. The number of benzene rings is 2. The summed E-state index contributed by atoms with van der Waals surface area (Å²) in [5.74, 6) is 0.796. The number of nitrogens with one attached hydrogen (secondary N) is 1. The summed E-state index contributed by atoms with van der Waals surface area (Å²) >= 11 is 0. The quantitative estimate of drug-likeness (QED) is 0.615. The second-order valence-corrected chi connectivity index (χ2v) is 7.38. The highest BCUT2D eigenvalue weighted by Gasteiger charge is 2.38. The summed E-state index contributed by atoms with van der Waals surface area (Å²) in [4.78, 5) is 10.1. The number of nitrogens with two attached hydrogens (primary N) is 1. The first-order valence-corrected chi connectivity index (χ1v) is 9.01. The van der Waals surface area contributed by atoms with Gasteiger partial charge in [0.25, 0.3) is 0 Å². The highest BCUT2D eigenvalue weighted by atomic mass is 32.2. The van der Waals surface area contributed by atoms with Gasteiger partial charge in [-0.3, -0.25) is 10.1 Å². The van der Waals surface area contributed by atoms with Crippen LogP contribution >= 0.6 is 0 Å². The number of hydrogen-bond acceptors (Lipinski definition) is 5. The van der Waals surface area contributed by atoms with Crippen LogP contribution in [-0.2, 0) is 10.0 Å². The van der Waals surface area contributed by atoms with Crippen molar-refractivity contribution in [2.75, 3.05) is 11.9 Å². The van der Waals surface area contributed by atoms with E-state index < -0.39 is 25.5 Å². The molecule has 24 heavy (non-hydrogen) atoms. The van der Waals surface area contributed by atoms with E-state index in [1.807, 2.05) is 18.2 Å². The maximum atomic E-state index is 11.5. The Balaban J connectivity index is 1.76. The number of nitrogens with zero attached hydrogens (tertiary/aromatic N) is 1. The van der Waals surface area contributed by atoms with E-state index in [-0.39, 0.29) is 5.69 Å². The second-order valence-electron chi connectivity index (χ2n) is 5.85. The van der Waals surface area contributed by atoms with Gasteiger partial charge in [0.2, 0.25) is 10.0 Å². The minimum Gasteiger partial charge on any atom is -0.379 e. The Bertz CT molecular complexity index is 868. The Hall–Kier alpha value is -2.45. The van der Waals surface area contributed by atoms with Crippen molar-refractivity contribution >= 4 is 21.4 Å². The Labute approximate surface area is 139 Å². The van der Waals surface area contributed by atoms with Crippen molar-refractivity contribution in [3.63, 3.8) is 0 Å². The summed E-state index contributed by atoms with van der Waals surface area (Å²) in [6.07, 6.45) is 1.000. The third-order valence-corrected chi connectivity index (χ3v) is 5.14. The van der Waals surface area contributed by atoms with Crippen molar-refractivity contribution in [1.82, 2.24) is 0 Å². The Morgan fingerprint density at radius 2 is 1.88 bits per heavy atom. The molecule has 0 amide bonds. The number of rotatable bonds is 6. The SMILES string of the molecule is NS(=O)(=O)c1cccc(NC[C@@H]2C[C@H]2c2ccccc2)c1[N+](=O)[O-]. The van der Waals surface area contributed by atoms with E-state index in [1.54, 1.807) is 0 Å². The van der Waals surface area contributed by atoms with Crippen LogP contribution < -0.4 is 10.5 Å². The minimum absolute atomic E-state index is 0.172. The van der Waals surface area contributed by atoms with Crippen molar-refractivity contribution in [3.8, 4) is 0 Å². The molecule has 0 unspecified atom stereocenters. The number of anilines is 1. The molecule has 8 heteroatoms. The summed E-state index contributed by atoms with van der Waals surface area (Å²) in [5.41, 5.74) is 0.916. The predicted molar refractivity (Wildman–Crippen MR) is 90.2 cm³/mol. The van der Waals surface area contributed by atoms with Crippen molar-refractivity contribution < 1.29 is 13.3 Å². The third-order valence-electron chi connectivity index (χ3n) is 4.19. The summed E-state index contributed by atoms with van der Waals surface area (Å²) in [6, 6.07) is 14.1. The summed E-state index contributed by atoms with van der Waals surface area (Å²) in [7, 11) is -4.16. The minimum atomic E-state index is -4.16. The highest BCUT2D eigenvalue weighted by Crippen LogP contribution is 2.47. The normalized spacial score (nSPS) is 19.7. The zero-order chi connectivity index (χ0) is 17.3. The first kappa shape index (κ1) is 16.4. The molecular weight excluding hydrogens is 330 g/mol. The molecule has 1 fully saturated rings. The molecule has 3 N–H and O–H groups in total. The van der Waals surface area contributed by atoms with Gasteiger partial charge in [0.15, 0.2) is 4.90 Å². The van der Waals surface area contributed by atoms with Crippen LogP contribution in [0.5, 0.6) is 0 Å². The molecule has 1 aliphatic carbocycles. The zero-order valence-electron chi connectivity index (χ0n) is 12.8. The van der Waals surface area contributed by atoms with Crippen LogP contribution in [0.15, 0.2) is 53.4 Å². The largest absolute Gasteiger partial charge is 0.379 e. The molecule has 2 aromatic carbocycles. The van der Waals surface area contributed by atoms with Crippen molar-refractivity contribution in [2.24, 2.45) is 11.1 Å². The van der Waals surface area contributed by atoms with Crippen LogP contribution in [0, 0.1) is 16.0 Å². The van der Waals surface area contributed by atoms with Crippen molar-refractivity contribution in [3.05, 3.63) is 64.2 Å². The molecule has 0 aromatic heterocycles. The lowest BCUT2D eigenvalue weighted by Crippen LogP contribution is -2.16. The molecule has 0 aliphatic heterocycles. The lowest BCUT2D eigenvalue weighted by Gasteiger charge is -2.09. The highest BCUT2D eigenvalue weighted by molar-refractivity contribution is 7.89. The van der Waals surface area contributed by atoms with Crippen LogP contribution in [0.3, 0.4) is 0 Å². The van der Waals surface area contributed by atoms with Gasteiger partial charge < -0.3 is 5.32 Å². The molecule has 1 aliphatic rings. The topological polar surface area (TPSA) is 115 Å². The van der Waals surface area contributed by atoms with Crippen molar-refractivity contribution in [1.29, 1.82) is 0 Å². The monoisotopic (exact) mass is 347 g/mol. The maximum absolute atomic E-state index is 11.5. The van der Waals surface area contributed by atoms with E-state index >= 15 is 0 Å². The number of nitro groups is 1. The van der Waals surface area contributed by atoms with E-state index in [9.17, 15) is 18.5 Å². The average Bonchev–Trinajstić information content (AvgIpc) is 3.32. The van der Waals surface area contributed by atoms with Gasteiger partial charge in [-0.2, -0.15) is 0 Å². The van der Waals surface area contributed by atoms with Crippen LogP contribution in [0.2, 0.25) is 0 Å². The van der Waals surface area contributed by atoms with E-state index in [0.29, 0.717) is 18.4 Å². The fourth-order valence-electron chi connectivity index (χ4n) is 2.91. The molecule has 2 aromatic rings. The Morgan fingerprint density at radius 1 is 1.17 bits per heavy atom. The van der Waals surface area contributed by atoms with E-state index in [4.69, 9.17) is 5.14 Å². The molecule has 3 rings (SSSR count). The fourth-order valence-corrected chi connectivity index (χ4v) is 3.63. The van der Waals surface area contributed by atoms with Crippen molar-refractivity contribution in [2.45, 2.75) is 17.2 Å². The fraction of sp³-hybridized carbons (Fsp3) is 0.250. The molecule has 0 radical (unpaired) electrons. The number of primary sulfonamides is 1. The Kier molecular flexibility index (Phi) is 4.25. The van der Waals surface area contributed by atoms with Gasteiger partial charge in [-0.15, -0.1) is 0 Å². The molecule has 0 spiro atoms. The van der Waals surface area contributed by atoms with Crippen LogP contribution in [-0.4, -0.2) is 19.9 Å². The molecule has 0 saturated heterocycles. The van der Waals surface area contributed by atoms with Gasteiger partial charge in [-0.25, -0.2) is 13.6 Å². The van der Waals surface area contributed by atoms with Gasteiger partial charge in [0, 0.05) is 6.54 Å². The summed E-state index contributed by atoms with van der Waals surface area (Å²) in [5, 5.41) is 19.4. The van der Waals surface area contributed by atoms with Crippen LogP contribution in [0.25, 0.3) is 0 Å². The number of nitro benzene ring substituents is 1. The van der Waals surface area contributed by atoms with Crippen LogP contribution in [0.1, 0.15) is 17.9 Å². The maximum Gasteiger partial charge on any atom is 0.312 e. The molecule has 1 saturated carbocycles. The van der Waals surface area contributed by atoms with E-state index in [1.165, 1.54) is 17.7 Å². The van der Waals surface area contributed by atoms with Gasteiger partial charge in [-0.05, 0) is 36.0 Å². The molecule has 126 valence electrons. The molecule has 0 heterocycles. The van der Waals surface area contributed by atoms with Gasteiger partial charge in [-0.1, -0.05) is 36.4 Å². The van der Waals surface area contributed by atoms with E-state index in [2.05, 4.69) is 17.4 Å².